The monoisotopic (exact) mass is 477 g/mol. The van der Waals surface area contributed by atoms with Gasteiger partial charge in [0.1, 0.15) is 17.3 Å². The van der Waals surface area contributed by atoms with Crippen molar-refractivity contribution in [2.24, 2.45) is 5.92 Å². The first-order valence-electron chi connectivity index (χ1n) is 12.2. The summed E-state index contributed by atoms with van der Waals surface area (Å²) in [4.78, 5) is 34.1. The minimum Gasteiger partial charge on any atom is -0.325 e. The second kappa shape index (κ2) is 11.2. The van der Waals surface area contributed by atoms with E-state index in [2.05, 4.69) is 10.3 Å². The molecule has 184 valence electrons. The molecular weight excluding hydrogens is 445 g/mol. The van der Waals surface area contributed by atoms with Gasteiger partial charge in [0.15, 0.2) is 0 Å². The van der Waals surface area contributed by atoms with Crippen LogP contribution >= 0.6 is 0 Å². The highest BCUT2D eigenvalue weighted by molar-refractivity contribution is 5.95. The molecule has 0 saturated carbocycles. The van der Waals surface area contributed by atoms with Crippen LogP contribution in [0.15, 0.2) is 60.9 Å². The van der Waals surface area contributed by atoms with Gasteiger partial charge in [-0.25, -0.2) is 14.2 Å². The molecule has 2 heterocycles. The van der Waals surface area contributed by atoms with Gasteiger partial charge in [0, 0.05) is 37.7 Å². The molecule has 1 aliphatic rings. The van der Waals surface area contributed by atoms with Gasteiger partial charge in [-0.15, -0.1) is 0 Å². The first kappa shape index (κ1) is 24.4. The van der Waals surface area contributed by atoms with E-state index < -0.39 is 0 Å². The van der Waals surface area contributed by atoms with Crippen LogP contribution < -0.4 is 5.32 Å². The van der Waals surface area contributed by atoms with Crippen molar-refractivity contribution < 1.29 is 14.0 Å². The van der Waals surface area contributed by atoms with Gasteiger partial charge in [0.05, 0.1) is 12.9 Å². The van der Waals surface area contributed by atoms with Crippen LogP contribution in [0.5, 0.6) is 0 Å². The molecule has 0 spiro atoms. The lowest BCUT2D eigenvalue weighted by atomic mass is 9.96. The fraction of sp³-hybridized carbons (Fsp3) is 0.370. The zero-order chi connectivity index (χ0) is 24.8. The van der Waals surface area contributed by atoms with Crippen LogP contribution in [-0.4, -0.2) is 57.5 Å². The molecule has 35 heavy (non-hydrogen) atoms. The molecule has 0 radical (unpaired) electrons. The second-order valence-corrected chi connectivity index (χ2v) is 8.77. The van der Waals surface area contributed by atoms with E-state index in [4.69, 9.17) is 0 Å². The lowest BCUT2D eigenvalue weighted by Gasteiger charge is -2.34. The Balaban J connectivity index is 1.51. The number of amides is 3. The normalized spacial score (nSPS) is 14.1. The summed E-state index contributed by atoms with van der Waals surface area (Å²) in [7, 11) is 0. The minimum absolute atomic E-state index is 0.0355. The van der Waals surface area contributed by atoms with E-state index in [9.17, 15) is 14.0 Å². The Labute approximate surface area is 205 Å². The van der Waals surface area contributed by atoms with Gasteiger partial charge in [-0.3, -0.25) is 4.79 Å². The molecule has 3 aromatic rings. The molecule has 0 bridgehead atoms. The van der Waals surface area contributed by atoms with Gasteiger partial charge < -0.3 is 19.7 Å². The number of urea groups is 1. The zero-order valence-corrected chi connectivity index (χ0v) is 20.3. The number of hydrogen-bond donors (Lipinski definition) is 1. The average Bonchev–Trinajstić information content (AvgIpc) is 3.27. The smallest absolute Gasteiger partial charge is 0.319 e. The van der Waals surface area contributed by atoms with Crippen LogP contribution in [0.2, 0.25) is 0 Å². The second-order valence-electron chi connectivity index (χ2n) is 8.77. The van der Waals surface area contributed by atoms with Gasteiger partial charge in [-0.05, 0) is 56.5 Å². The number of benzene rings is 2. The number of likely N-dealkylation sites (tertiary alicyclic amines) is 1. The number of carbonyl (C=O) groups is 2. The molecule has 0 unspecified atom stereocenters. The zero-order valence-electron chi connectivity index (χ0n) is 20.3. The first-order chi connectivity index (χ1) is 17.0. The van der Waals surface area contributed by atoms with E-state index in [1.54, 1.807) is 23.4 Å². The first-order valence-corrected chi connectivity index (χ1v) is 12.2. The summed E-state index contributed by atoms with van der Waals surface area (Å²) in [5, 5.41) is 3.11. The van der Waals surface area contributed by atoms with E-state index in [0.29, 0.717) is 57.1 Å². The van der Waals surface area contributed by atoms with Gasteiger partial charge in [0.25, 0.3) is 0 Å². The van der Waals surface area contributed by atoms with Crippen molar-refractivity contribution in [2.75, 3.05) is 31.5 Å². The third kappa shape index (κ3) is 5.70. The summed E-state index contributed by atoms with van der Waals surface area (Å²) >= 11 is 0. The standard InChI is InChI=1S/C27H32FN5O2/c1-3-31(4-2)27(35)32-16-14-22(15-17-32)26(34)30-25-24(21-10-12-23(28)13-11-21)29-19-33(25)18-20-8-6-5-7-9-20/h5-13,19,22H,3-4,14-18H2,1-2H3,(H,30,34). The molecule has 1 aliphatic heterocycles. The van der Waals surface area contributed by atoms with Gasteiger partial charge in [0.2, 0.25) is 5.91 Å². The number of piperidine rings is 1. The number of aromatic nitrogens is 2. The summed E-state index contributed by atoms with van der Waals surface area (Å²) in [6.07, 6.45) is 2.92. The number of halogens is 1. The summed E-state index contributed by atoms with van der Waals surface area (Å²) in [6, 6.07) is 16.1. The van der Waals surface area contributed by atoms with E-state index >= 15 is 0 Å². The molecule has 4 rings (SSSR count). The van der Waals surface area contributed by atoms with Crippen LogP contribution in [0, 0.1) is 11.7 Å². The van der Waals surface area contributed by atoms with E-state index in [0.717, 1.165) is 11.1 Å². The lowest BCUT2D eigenvalue weighted by molar-refractivity contribution is -0.121. The average molecular weight is 478 g/mol. The van der Waals surface area contributed by atoms with Crippen molar-refractivity contribution in [2.45, 2.75) is 33.2 Å². The summed E-state index contributed by atoms with van der Waals surface area (Å²) < 4.78 is 15.4. The summed E-state index contributed by atoms with van der Waals surface area (Å²) in [5.41, 5.74) is 2.41. The third-order valence-corrected chi connectivity index (χ3v) is 6.56. The largest absolute Gasteiger partial charge is 0.325 e. The lowest BCUT2D eigenvalue weighted by Crippen LogP contribution is -2.47. The molecule has 7 nitrogen and oxygen atoms in total. The predicted molar refractivity (Wildman–Crippen MR) is 134 cm³/mol. The minimum atomic E-state index is -0.325. The van der Waals surface area contributed by atoms with Crippen LogP contribution in [0.1, 0.15) is 32.3 Å². The maximum atomic E-state index is 13.5. The molecule has 2 aromatic carbocycles. The number of imidazole rings is 1. The van der Waals surface area contributed by atoms with Gasteiger partial charge in [-0.2, -0.15) is 0 Å². The van der Waals surface area contributed by atoms with E-state index in [-0.39, 0.29) is 23.7 Å². The van der Waals surface area contributed by atoms with Crippen LogP contribution in [-0.2, 0) is 11.3 Å². The Bertz CT molecular complexity index is 1130. The van der Waals surface area contributed by atoms with Crippen LogP contribution in [0.3, 0.4) is 0 Å². The fourth-order valence-electron chi connectivity index (χ4n) is 4.48. The number of hydrogen-bond acceptors (Lipinski definition) is 3. The maximum absolute atomic E-state index is 13.5. The van der Waals surface area contributed by atoms with Crippen molar-refractivity contribution in [3.8, 4) is 11.3 Å². The number of carbonyl (C=O) groups excluding carboxylic acids is 2. The third-order valence-electron chi connectivity index (χ3n) is 6.56. The Morgan fingerprint density at radius 3 is 2.31 bits per heavy atom. The number of rotatable bonds is 7. The van der Waals surface area contributed by atoms with E-state index in [1.165, 1.54) is 12.1 Å². The van der Waals surface area contributed by atoms with Crippen molar-refractivity contribution in [3.05, 3.63) is 72.3 Å². The molecular formula is C27H32FN5O2. The van der Waals surface area contributed by atoms with Gasteiger partial charge in [-0.1, -0.05) is 30.3 Å². The molecule has 0 atom stereocenters. The van der Waals surface area contributed by atoms with E-state index in [1.807, 2.05) is 53.6 Å². The Morgan fingerprint density at radius 1 is 1.03 bits per heavy atom. The topological polar surface area (TPSA) is 70.5 Å². The molecule has 1 N–H and O–H groups in total. The highest BCUT2D eigenvalue weighted by Crippen LogP contribution is 2.29. The van der Waals surface area contributed by atoms with Gasteiger partial charge >= 0.3 is 6.03 Å². The number of anilines is 1. The van der Waals surface area contributed by atoms with Crippen molar-refractivity contribution in [1.29, 1.82) is 0 Å². The molecule has 1 saturated heterocycles. The predicted octanol–water partition coefficient (Wildman–Crippen LogP) is 4.85. The molecule has 8 heteroatoms. The van der Waals surface area contributed by atoms with Crippen molar-refractivity contribution in [3.63, 3.8) is 0 Å². The fourth-order valence-corrected chi connectivity index (χ4v) is 4.48. The number of nitrogens with one attached hydrogen (secondary N) is 1. The molecule has 3 amide bonds. The van der Waals surface area contributed by atoms with Crippen LogP contribution in [0.25, 0.3) is 11.3 Å². The SMILES string of the molecule is CCN(CC)C(=O)N1CCC(C(=O)Nc2c(-c3ccc(F)cc3)ncn2Cc2ccccc2)CC1. The quantitative estimate of drug-likeness (QED) is 0.529. The van der Waals surface area contributed by atoms with Crippen LogP contribution in [0.4, 0.5) is 15.0 Å². The Morgan fingerprint density at radius 2 is 1.69 bits per heavy atom. The maximum Gasteiger partial charge on any atom is 0.319 e. The summed E-state index contributed by atoms with van der Waals surface area (Å²) in [5.74, 6) is -0.0174. The molecule has 1 aromatic heterocycles. The highest BCUT2D eigenvalue weighted by Gasteiger charge is 2.30. The highest BCUT2D eigenvalue weighted by atomic mass is 19.1. The Hall–Kier alpha value is -3.68. The van der Waals surface area contributed by atoms with Crippen molar-refractivity contribution >= 4 is 17.8 Å². The number of nitrogens with zero attached hydrogens (tertiary/aromatic N) is 4. The summed E-state index contributed by atoms with van der Waals surface area (Å²) in [6.45, 7) is 6.95. The van der Waals surface area contributed by atoms with Crippen molar-refractivity contribution in [1.82, 2.24) is 19.4 Å². The Kier molecular flexibility index (Phi) is 7.80. The molecule has 1 fully saturated rings. The molecule has 0 aliphatic carbocycles.